The van der Waals surface area contributed by atoms with Crippen LogP contribution in [-0.4, -0.2) is 36.7 Å². The zero-order valence-corrected chi connectivity index (χ0v) is 12.2. The van der Waals surface area contributed by atoms with Gasteiger partial charge in [-0.25, -0.2) is 0 Å². The van der Waals surface area contributed by atoms with Crippen LogP contribution in [0.3, 0.4) is 0 Å². The molecule has 0 heterocycles. The quantitative estimate of drug-likeness (QED) is 0.823. The largest absolute Gasteiger partial charge is 0.496 e. The Morgan fingerprint density at radius 1 is 1.32 bits per heavy atom. The molecule has 0 aliphatic heterocycles. The van der Waals surface area contributed by atoms with E-state index in [1.807, 2.05) is 13.1 Å². The monoisotopic (exact) mass is 265 g/mol. The third kappa shape index (κ3) is 4.56. The Labute approximate surface area is 115 Å². The van der Waals surface area contributed by atoms with Gasteiger partial charge in [-0.3, -0.25) is 4.79 Å². The van der Waals surface area contributed by atoms with Gasteiger partial charge in [0.05, 0.1) is 7.11 Å². The summed E-state index contributed by atoms with van der Waals surface area (Å²) in [4.78, 5) is 12.6. The molecule has 0 spiro atoms. The molecule has 0 saturated heterocycles. The highest BCUT2D eigenvalue weighted by molar-refractivity contribution is 5.66. The maximum Gasteiger partial charge on any atom is 0.303 e. The SMILES string of the molecule is COc1ccc(CN(C)CCCC(=O)O)c(C)c1C. The lowest BCUT2D eigenvalue weighted by Gasteiger charge is -2.19. The second kappa shape index (κ2) is 7.14. The first kappa shape index (κ1) is 15.5. The standard InChI is InChI=1S/C15H23NO3/c1-11-12(2)14(19-4)8-7-13(11)10-16(3)9-5-6-15(17)18/h7-8H,5-6,9-10H2,1-4H3,(H,17,18). The maximum absolute atomic E-state index is 10.5. The van der Waals surface area contributed by atoms with Gasteiger partial charge in [-0.15, -0.1) is 0 Å². The molecule has 0 aliphatic carbocycles. The molecule has 0 aromatic heterocycles. The van der Waals surface area contributed by atoms with Gasteiger partial charge in [-0.05, 0) is 56.6 Å². The van der Waals surface area contributed by atoms with Crippen molar-refractivity contribution in [3.05, 3.63) is 28.8 Å². The van der Waals surface area contributed by atoms with Gasteiger partial charge in [-0.1, -0.05) is 6.07 Å². The van der Waals surface area contributed by atoms with Gasteiger partial charge in [0, 0.05) is 13.0 Å². The summed E-state index contributed by atoms with van der Waals surface area (Å²) in [6.07, 6.45) is 0.908. The average Bonchev–Trinajstić information content (AvgIpc) is 2.35. The number of nitrogens with zero attached hydrogens (tertiary/aromatic N) is 1. The molecule has 4 nitrogen and oxygen atoms in total. The van der Waals surface area contributed by atoms with E-state index in [1.54, 1.807) is 7.11 Å². The normalized spacial score (nSPS) is 10.8. The molecule has 0 unspecified atom stereocenters. The number of carboxylic acid groups (broad SMARTS) is 1. The molecule has 0 amide bonds. The number of carbonyl (C=O) groups is 1. The first-order valence-corrected chi connectivity index (χ1v) is 6.49. The topological polar surface area (TPSA) is 49.8 Å². The van der Waals surface area contributed by atoms with Gasteiger partial charge >= 0.3 is 5.97 Å². The van der Waals surface area contributed by atoms with E-state index in [0.29, 0.717) is 6.42 Å². The Morgan fingerprint density at radius 3 is 2.58 bits per heavy atom. The molecule has 0 saturated carbocycles. The molecule has 0 aliphatic rings. The highest BCUT2D eigenvalue weighted by Crippen LogP contribution is 2.24. The zero-order chi connectivity index (χ0) is 14.4. The molecule has 0 atom stereocenters. The Bertz CT molecular complexity index is 443. The number of hydrogen-bond acceptors (Lipinski definition) is 3. The van der Waals surface area contributed by atoms with Crippen LogP contribution < -0.4 is 4.74 Å². The molecular weight excluding hydrogens is 242 g/mol. The van der Waals surface area contributed by atoms with Crippen LogP contribution in [0, 0.1) is 13.8 Å². The fraction of sp³-hybridized carbons (Fsp3) is 0.533. The van der Waals surface area contributed by atoms with Crippen LogP contribution in [0.15, 0.2) is 12.1 Å². The van der Waals surface area contributed by atoms with Crippen molar-refractivity contribution in [3.8, 4) is 5.75 Å². The third-order valence-electron chi connectivity index (χ3n) is 3.44. The predicted molar refractivity (Wildman–Crippen MR) is 75.7 cm³/mol. The minimum Gasteiger partial charge on any atom is -0.496 e. The van der Waals surface area contributed by atoms with Crippen molar-refractivity contribution in [1.82, 2.24) is 4.90 Å². The number of hydrogen-bond donors (Lipinski definition) is 1. The van der Waals surface area contributed by atoms with Crippen molar-refractivity contribution in [2.24, 2.45) is 0 Å². The van der Waals surface area contributed by atoms with E-state index in [4.69, 9.17) is 9.84 Å². The van der Waals surface area contributed by atoms with E-state index in [2.05, 4.69) is 24.8 Å². The van der Waals surface area contributed by atoms with Gasteiger partial charge in [0.1, 0.15) is 5.75 Å². The van der Waals surface area contributed by atoms with Crippen LogP contribution in [0.4, 0.5) is 0 Å². The summed E-state index contributed by atoms with van der Waals surface area (Å²) in [5.41, 5.74) is 3.67. The Balaban J connectivity index is 2.62. The maximum atomic E-state index is 10.5. The molecule has 106 valence electrons. The van der Waals surface area contributed by atoms with E-state index in [1.165, 1.54) is 16.7 Å². The zero-order valence-electron chi connectivity index (χ0n) is 12.2. The Morgan fingerprint density at radius 2 is 2.00 bits per heavy atom. The van der Waals surface area contributed by atoms with Gasteiger partial charge in [0.15, 0.2) is 0 Å². The summed E-state index contributed by atoms with van der Waals surface area (Å²) in [7, 11) is 3.69. The fourth-order valence-electron chi connectivity index (χ4n) is 2.11. The molecule has 1 rings (SSSR count). The summed E-state index contributed by atoms with van der Waals surface area (Å²) in [5, 5.41) is 8.62. The molecule has 19 heavy (non-hydrogen) atoms. The predicted octanol–water partition coefficient (Wildman–Crippen LogP) is 2.61. The van der Waals surface area contributed by atoms with Crippen LogP contribution >= 0.6 is 0 Å². The molecule has 4 heteroatoms. The molecule has 1 aromatic rings. The van der Waals surface area contributed by atoms with Gasteiger partial charge in [0.2, 0.25) is 0 Å². The molecule has 0 fully saturated rings. The van der Waals surface area contributed by atoms with E-state index in [9.17, 15) is 4.79 Å². The molecule has 1 aromatic carbocycles. The number of methoxy groups -OCH3 is 1. The Kier molecular flexibility index (Phi) is 5.83. The van der Waals surface area contributed by atoms with Gasteiger partial charge < -0.3 is 14.7 Å². The number of carboxylic acids is 1. The number of benzene rings is 1. The van der Waals surface area contributed by atoms with Crippen LogP contribution in [0.25, 0.3) is 0 Å². The lowest BCUT2D eigenvalue weighted by atomic mass is 10.0. The number of rotatable bonds is 7. The van der Waals surface area contributed by atoms with Gasteiger partial charge in [0.25, 0.3) is 0 Å². The average molecular weight is 265 g/mol. The van der Waals surface area contributed by atoms with E-state index in [0.717, 1.165) is 18.8 Å². The number of aliphatic carboxylic acids is 1. The smallest absolute Gasteiger partial charge is 0.303 e. The van der Waals surface area contributed by atoms with Crippen LogP contribution in [0.5, 0.6) is 5.75 Å². The van der Waals surface area contributed by atoms with Crippen molar-refractivity contribution < 1.29 is 14.6 Å². The van der Waals surface area contributed by atoms with Crippen LogP contribution in [0.1, 0.15) is 29.5 Å². The first-order valence-electron chi connectivity index (χ1n) is 6.49. The van der Waals surface area contributed by atoms with E-state index < -0.39 is 5.97 Å². The summed E-state index contributed by atoms with van der Waals surface area (Å²) < 4.78 is 5.30. The molecule has 0 radical (unpaired) electrons. The minimum atomic E-state index is -0.732. The molecular formula is C15H23NO3. The highest BCUT2D eigenvalue weighted by Gasteiger charge is 2.09. The first-order chi connectivity index (χ1) is 8.95. The van der Waals surface area contributed by atoms with Crippen molar-refractivity contribution in [2.45, 2.75) is 33.2 Å². The minimum absolute atomic E-state index is 0.227. The van der Waals surface area contributed by atoms with E-state index in [-0.39, 0.29) is 6.42 Å². The van der Waals surface area contributed by atoms with Crippen molar-refractivity contribution in [2.75, 3.05) is 20.7 Å². The van der Waals surface area contributed by atoms with Crippen molar-refractivity contribution >= 4 is 5.97 Å². The lowest BCUT2D eigenvalue weighted by molar-refractivity contribution is -0.137. The highest BCUT2D eigenvalue weighted by atomic mass is 16.5. The second-order valence-corrected chi connectivity index (χ2v) is 4.91. The van der Waals surface area contributed by atoms with E-state index >= 15 is 0 Å². The van der Waals surface area contributed by atoms with Crippen molar-refractivity contribution in [1.29, 1.82) is 0 Å². The van der Waals surface area contributed by atoms with Crippen LogP contribution in [0.2, 0.25) is 0 Å². The van der Waals surface area contributed by atoms with Gasteiger partial charge in [-0.2, -0.15) is 0 Å². The third-order valence-corrected chi connectivity index (χ3v) is 3.44. The summed E-state index contributed by atoms with van der Waals surface area (Å²) >= 11 is 0. The summed E-state index contributed by atoms with van der Waals surface area (Å²) in [6, 6.07) is 4.07. The fourth-order valence-corrected chi connectivity index (χ4v) is 2.11. The lowest BCUT2D eigenvalue weighted by Crippen LogP contribution is -2.20. The summed E-state index contributed by atoms with van der Waals surface area (Å²) in [5.74, 6) is 0.180. The Hall–Kier alpha value is -1.55. The number of ether oxygens (including phenoxy) is 1. The van der Waals surface area contributed by atoms with Crippen molar-refractivity contribution in [3.63, 3.8) is 0 Å². The molecule has 1 N–H and O–H groups in total. The molecule has 0 bridgehead atoms. The summed E-state index contributed by atoms with van der Waals surface area (Å²) in [6.45, 7) is 5.77. The van der Waals surface area contributed by atoms with Crippen LogP contribution in [-0.2, 0) is 11.3 Å². The second-order valence-electron chi connectivity index (χ2n) is 4.91.